The second-order valence-electron chi connectivity index (χ2n) is 7.93. The van der Waals surface area contributed by atoms with Gasteiger partial charge in [0.25, 0.3) is 5.76 Å². The summed E-state index contributed by atoms with van der Waals surface area (Å²) in [5, 5.41) is -0.213. The van der Waals surface area contributed by atoms with E-state index in [-0.39, 0.29) is 29.1 Å². The number of hydrogen-bond acceptors (Lipinski definition) is 8. The number of fused-ring (bicyclic) bond motifs is 1. The number of ether oxygens (including phenoxy) is 4. The van der Waals surface area contributed by atoms with Crippen LogP contribution in [0.25, 0.3) is 11.0 Å². The molecule has 2 heterocycles. The molecule has 11 heteroatoms. The third kappa shape index (κ3) is 5.51. The lowest BCUT2D eigenvalue weighted by molar-refractivity contribution is -0.154. The molecule has 1 aliphatic rings. The average Bonchev–Trinajstić information content (AvgIpc) is 3.39. The van der Waals surface area contributed by atoms with Crippen molar-refractivity contribution in [2.75, 3.05) is 13.2 Å². The summed E-state index contributed by atoms with van der Waals surface area (Å²) < 4.78 is 67.1. The lowest BCUT2D eigenvalue weighted by atomic mass is 10.2. The van der Waals surface area contributed by atoms with Gasteiger partial charge in [0.05, 0.1) is 17.6 Å². The number of halogens is 3. The molecule has 0 radical (unpaired) electrons. The third-order valence-corrected chi connectivity index (χ3v) is 5.24. The van der Waals surface area contributed by atoms with Crippen LogP contribution >= 0.6 is 0 Å². The Labute approximate surface area is 202 Å². The molecule has 3 aromatic rings. The standard InChI is InChI=1S/C25H21F3O8/c1-2-11-33-23(30)14-5-7-15(8-6-14)34-21-20(29)17-10-9-16(35-24(31)18-4-3-12-32-18)13-19(17)36-22(21)25(26,27)28/h5-10,13,18H,2-4,11-12H2,1H3. The van der Waals surface area contributed by atoms with Crippen molar-refractivity contribution in [2.45, 2.75) is 38.5 Å². The van der Waals surface area contributed by atoms with Gasteiger partial charge >= 0.3 is 18.1 Å². The minimum atomic E-state index is -5.07. The van der Waals surface area contributed by atoms with Crippen LogP contribution in [0, 0.1) is 0 Å². The minimum absolute atomic E-state index is 0.0986. The van der Waals surface area contributed by atoms with Crippen LogP contribution in [0.4, 0.5) is 13.2 Å². The topological polar surface area (TPSA) is 101 Å². The molecule has 8 nitrogen and oxygen atoms in total. The first-order valence-corrected chi connectivity index (χ1v) is 11.1. The summed E-state index contributed by atoms with van der Waals surface area (Å²) in [7, 11) is 0. The van der Waals surface area contributed by atoms with Gasteiger partial charge in [0.15, 0.2) is 6.10 Å². The van der Waals surface area contributed by atoms with Gasteiger partial charge in [0, 0.05) is 12.7 Å². The van der Waals surface area contributed by atoms with E-state index in [9.17, 15) is 27.6 Å². The first kappa shape index (κ1) is 25.2. The van der Waals surface area contributed by atoms with Gasteiger partial charge in [-0.3, -0.25) is 4.79 Å². The van der Waals surface area contributed by atoms with Crippen LogP contribution in [0.5, 0.6) is 17.2 Å². The summed E-state index contributed by atoms with van der Waals surface area (Å²) >= 11 is 0. The first-order valence-electron chi connectivity index (χ1n) is 11.1. The second kappa shape index (κ2) is 10.4. The molecule has 4 rings (SSSR count). The van der Waals surface area contributed by atoms with Crippen LogP contribution in [0.2, 0.25) is 0 Å². The van der Waals surface area contributed by atoms with Crippen molar-refractivity contribution in [2.24, 2.45) is 0 Å². The minimum Gasteiger partial charge on any atom is -0.462 e. The van der Waals surface area contributed by atoms with E-state index in [1.165, 1.54) is 36.4 Å². The summed E-state index contributed by atoms with van der Waals surface area (Å²) in [6.45, 7) is 2.46. The molecule has 0 spiro atoms. The third-order valence-electron chi connectivity index (χ3n) is 5.24. The van der Waals surface area contributed by atoms with Crippen molar-refractivity contribution in [1.29, 1.82) is 0 Å². The van der Waals surface area contributed by atoms with Gasteiger partial charge in [0.1, 0.15) is 17.1 Å². The zero-order valence-corrected chi connectivity index (χ0v) is 19.1. The van der Waals surface area contributed by atoms with Gasteiger partial charge in [-0.2, -0.15) is 13.2 Å². The molecule has 1 fully saturated rings. The Hall–Kier alpha value is -3.86. The lowest BCUT2D eigenvalue weighted by Gasteiger charge is -2.14. The summed E-state index contributed by atoms with van der Waals surface area (Å²) in [6, 6.07) is 8.55. The maximum atomic E-state index is 13.8. The van der Waals surface area contributed by atoms with Crippen molar-refractivity contribution in [3.05, 3.63) is 64.0 Å². The van der Waals surface area contributed by atoms with E-state index in [1.807, 2.05) is 6.92 Å². The van der Waals surface area contributed by atoms with Crippen LogP contribution in [-0.2, 0) is 20.4 Å². The highest BCUT2D eigenvalue weighted by molar-refractivity contribution is 5.89. The van der Waals surface area contributed by atoms with Crippen molar-refractivity contribution in [3.8, 4) is 17.2 Å². The fourth-order valence-corrected chi connectivity index (χ4v) is 3.50. The Bertz CT molecular complexity index is 1320. The number of hydrogen-bond donors (Lipinski definition) is 0. The van der Waals surface area contributed by atoms with Gasteiger partial charge in [-0.15, -0.1) is 0 Å². The van der Waals surface area contributed by atoms with E-state index in [0.29, 0.717) is 25.9 Å². The highest BCUT2D eigenvalue weighted by atomic mass is 19.4. The first-order chi connectivity index (χ1) is 17.2. The Kier molecular flexibility index (Phi) is 7.30. The molecule has 1 saturated heterocycles. The molecule has 2 aromatic carbocycles. The number of carbonyl (C=O) groups excluding carboxylic acids is 2. The van der Waals surface area contributed by atoms with E-state index < -0.39 is 46.7 Å². The van der Waals surface area contributed by atoms with Crippen molar-refractivity contribution < 1.29 is 46.1 Å². The van der Waals surface area contributed by atoms with E-state index in [2.05, 4.69) is 0 Å². The van der Waals surface area contributed by atoms with E-state index in [4.69, 9.17) is 23.4 Å². The normalized spacial score (nSPS) is 15.6. The van der Waals surface area contributed by atoms with Gasteiger partial charge in [-0.25, -0.2) is 9.59 Å². The average molecular weight is 506 g/mol. The van der Waals surface area contributed by atoms with Crippen molar-refractivity contribution in [1.82, 2.24) is 0 Å². The number of benzene rings is 2. The van der Waals surface area contributed by atoms with E-state index in [1.54, 1.807) is 0 Å². The monoisotopic (exact) mass is 506 g/mol. The van der Waals surface area contributed by atoms with Crippen LogP contribution in [0.15, 0.2) is 51.7 Å². The maximum Gasteiger partial charge on any atom is 0.453 e. The van der Waals surface area contributed by atoms with E-state index in [0.717, 1.165) is 6.07 Å². The summed E-state index contributed by atoms with van der Waals surface area (Å²) in [4.78, 5) is 37.0. The number of esters is 2. The molecule has 0 N–H and O–H groups in total. The number of alkyl halides is 3. The van der Waals surface area contributed by atoms with E-state index >= 15 is 0 Å². The van der Waals surface area contributed by atoms with Gasteiger partial charge < -0.3 is 23.4 Å². The van der Waals surface area contributed by atoms with Crippen LogP contribution in [-0.4, -0.2) is 31.3 Å². The molecule has 1 aromatic heterocycles. The Morgan fingerprint density at radius 3 is 2.44 bits per heavy atom. The molecule has 0 amide bonds. The summed E-state index contributed by atoms with van der Waals surface area (Å²) in [5.74, 6) is -4.23. The maximum absolute atomic E-state index is 13.8. The zero-order chi connectivity index (χ0) is 25.9. The van der Waals surface area contributed by atoms with Gasteiger partial charge in [0.2, 0.25) is 11.2 Å². The predicted molar refractivity (Wildman–Crippen MR) is 119 cm³/mol. The SMILES string of the molecule is CCCOC(=O)c1ccc(Oc2c(C(F)(F)F)oc3cc(OC(=O)C4CCCO4)ccc3c2=O)cc1. The molecule has 0 aliphatic carbocycles. The fraction of sp³-hybridized carbons (Fsp3) is 0.320. The largest absolute Gasteiger partial charge is 0.462 e. The summed E-state index contributed by atoms with van der Waals surface area (Å²) in [5.41, 5.74) is -1.35. The Balaban J connectivity index is 1.65. The number of carbonyl (C=O) groups is 2. The molecular weight excluding hydrogens is 485 g/mol. The summed E-state index contributed by atoms with van der Waals surface area (Å²) in [6.07, 6.45) is -4.04. The molecule has 190 valence electrons. The van der Waals surface area contributed by atoms with Crippen LogP contribution in [0.1, 0.15) is 42.3 Å². The molecule has 0 bridgehead atoms. The van der Waals surface area contributed by atoms with Gasteiger partial charge in [-0.1, -0.05) is 6.92 Å². The molecule has 1 aliphatic heterocycles. The quantitative estimate of drug-likeness (QED) is 0.316. The predicted octanol–water partition coefficient (Wildman–Crippen LogP) is 5.26. The van der Waals surface area contributed by atoms with Crippen LogP contribution in [0.3, 0.4) is 0 Å². The van der Waals surface area contributed by atoms with Crippen molar-refractivity contribution in [3.63, 3.8) is 0 Å². The Morgan fingerprint density at radius 2 is 1.81 bits per heavy atom. The molecule has 1 atom stereocenters. The molecule has 36 heavy (non-hydrogen) atoms. The molecule has 0 saturated carbocycles. The smallest absolute Gasteiger partial charge is 0.453 e. The molecular formula is C25H21F3O8. The van der Waals surface area contributed by atoms with Gasteiger partial charge in [-0.05, 0) is 55.7 Å². The highest BCUT2D eigenvalue weighted by Crippen LogP contribution is 2.38. The lowest BCUT2D eigenvalue weighted by Crippen LogP contribution is -2.24. The second-order valence-corrected chi connectivity index (χ2v) is 7.93. The fourth-order valence-electron chi connectivity index (χ4n) is 3.50. The highest BCUT2D eigenvalue weighted by Gasteiger charge is 2.40. The Morgan fingerprint density at radius 1 is 1.08 bits per heavy atom. The zero-order valence-electron chi connectivity index (χ0n) is 19.1. The van der Waals surface area contributed by atoms with Crippen molar-refractivity contribution >= 4 is 22.9 Å². The number of rotatable bonds is 7. The van der Waals surface area contributed by atoms with Crippen LogP contribution < -0.4 is 14.9 Å². The molecule has 1 unspecified atom stereocenters.